The minimum atomic E-state index is -0.372. The highest BCUT2D eigenvalue weighted by Crippen LogP contribution is 2.26. The van der Waals surface area contributed by atoms with Gasteiger partial charge in [0.1, 0.15) is 5.82 Å². The fourth-order valence-corrected chi connectivity index (χ4v) is 3.50. The Morgan fingerprint density at radius 1 is 0.968 bits per heavy atom. The van der Waals surface area contributed by atoms with Crippen LogP contribution in [0.2, 0.25) is 5.02 Å². The monoisotopic (exact) mass is 433 g/mol. The second kappa shape index (κ2) is 9.14. The minimum Gasteiger partial charge on any atom is -0.341 e. The third kappa shape index (κ3) is 4.84. The summed E-state index contributed by atoms with van der Waals surface area (Å²) in [6.45, 7) is 0.345. The first-order chi connectivity index (χ1) is 15.0. The Morgan fingerprint density at radius 2 is 1.65 bits per heavy atom. The molecule has 4 rings (SSSR count). The van der Waals surface area contributed by atoms with Crippen molar-refractivity contribution in [3.8, 4) is 16.9 Å². The van der Waals surface area contributed by atoms with Crippen molar-refractivity contribution in [2.24, 2.45) is 0 Å². The van der Waals surface area contributed by atoms with Crippen LogP contribution in [-0.2, 0) is 17.8 Å². The smallest absolute Gasteiger partial charge is 0.227 e. The molecule has 31 heavy (non-hydrogen) atoms. The molecule has 0 atom stereocenters. The van der Waals surface area contributed by atoms with Crippen molar-refractivity contribution in [3.05, 3.63) is 107 Å². The largest absolute Gasteiger partial charge is 0.341 e. The molecular weight excluding hydrogens is 413 g/mol. The molecule has 0 N–H and O–H groups in total. The van der Waals surface area contributed by atoms with E-state index in [1.807, 2.05) is 60.8 Å². The zero-order chi connectivity index (χ0) is 21.8. The summed E-state index contributed by atoms with van der Waals surface area (Å²) in [5, 5.41) is 5.41. The van der Waals surface area contributed by atoms with Crippen LogP contribution < -0.4 is 0 Å². The molecular formula is C25H21ClFN3O. The van der Waals surface area contributed by atoms with Gasteiger partial charge in [0.2, 0.25) is 5.91 Å². The molecule has 4 nitrogen and oxygen atoms in total. The number of amides is 1. The topological polar surface area (TPSA) is 38.1 Å². The summed E-state index contributed by atoms with van der Waals surface area (Å²) in [5.74, 6) is -0.539. The average molecular weight is 434 g/mol. The summed E-state index contributed by atoms with van der Waals surface area (Å²) in [6, 6.07) is 23.6. The lowest BCUT2D eigenvalue weighted by Crippen LogP contribution is -2.28. The van der Waals surface area contributed by atoms with Crippen LogP contribution in [-0.4, -0.2) is 27.6 Å². The number of hydrogen-bond donors (Lipinski definition) is 0. The van der Waals surface area contributed by atoms with E-state index in [0.717, 1.165) is 22.5 Å². The molecule has 0 spiro atoms. The van der Waals surface area contributed by atoms with E-state index in [0.29, 0.717) is 17.1 Å². The van der Waals surface area contributed by atoms with Gasteiger partial charge in [-0.05, 0) is 35.9 Å². The summed E-state index contributed by atoms with van der Waals surface area (Å²) < 4.78 is 15.8. The Balaban J connectivity index is 1.63. The zero-order valence-corrected chi connectivity index (χ0v) is 17.8. The van der Waals surface area contributed by atoms with E-state index in [-0.39, 0.29) is 18.1 Å². The average Bonchev–Trinajstić information content (AvgIpc) is 3.20. The van der Waals surface area contributed by atoms with Crippen LogP contribution in [0.15, 0.2) is 85.1 Å². The number of benzene rings is 3. The summed E-state index contributed by atoms with van der Waals surface area (Å²) in [4.78, 5) is 14.3. The van der Waals surface area contributed by atoms with Gasteiger partial charge in [-0.1, -0.05) is 60.1 Å². The normalized spacial score (nSPS) is 10.8. The summed E-state index contributed by atoms with van der Waals surface area (Å²) >= 11 is 6.05. The maximum atomic E-state index is 14.0. The lowest BCUT2D eigenvalue weighted by atomic mass is 10.1. The maximum absolute atomic E-state index is 14.0. The molecule has 1 amide bonds. The molecule has 0 aliphatic heterocycles. The highest BCUT2D eigenvalue weighted by molar-refractivity contribution is 6.30. The molecule has 3 aromatic carbocycles. The van der Waals surface area contributed by atoms with Gasteiger partial charge in [-0.3, -0.25) is 4.79 Å². The van der Waals surface area contributed by atoms with Gasteiger partial charge in [-0.25, -0.2) is 9.07 Å². The number of likely N-dealkylation sites (N-methyl/N-ethyl adjacent to an activating group) is 1. The third-order valence-electron chi connectivity index (χ3n) is 5.06. The molecule has 1 heterocycles. The SMILES string of the molecule is CN(Cc1cn(-c2ccccc2)nc1-c1ccc(Cl)cc1)C(=O)Cc1ccccc1F. The lowest BCUT2D eigenvalue weighted by molar-refractivity contribution is -0.129. The van der Waals surface area contributed by atoms with E-state index in [4.69, 9.17) is 16.7 Å². The predicted octanol–water partition coefficient (Wildman–Crippen LogP) is 5.53. The van der Waals surface area contributed by atoms with Crippen LogP contribution >= 0.6 is 11.6 Å². The van der Waals surface area contributed by atoms with Gasteiger partial charge in [0.15, 0.2) is 0 Å². The molecule has 156 valence electrons. The van der Waals surface area contributed by atoms with Crippen molar-refractivity contribution in [1.82, 2.24) is 14.7 Å². The molecule has 0 fully saturated rings. The van der Waals surface area contributed by atoms with Crippen LogP contribution in [0.25, 0.3) is 16.9 Å². The summed E-state index contributed by atoms with van der Waals surface area (Å²) in [6.07, 6.45) is 1.93. The molecule has 0 saturated heterocycles. The van der Waals surface area contributed by atoms with E-state index in [9.17, 15) is 9.18 Å². The van der Waals surface area contributed by atoms with E-state index in [1.54, 1.807) is 34.8 Å². The number of carbonyl (C=O) groups excluding carboxylic acids is 1. The second-order valence-electron chi connectivity index (χ2n) is 7.31. The molecule has 0 saturated carbocycles. The van der Waals surface area contributed by atoms with Crippen LogP contribution in [0.5, 0.6) is 0 Å². The van der Waals surface area contributed by atoms with Crippen LogP contribution in [0.1, 0.15) is 11.1 Å². The molecule has 0 radical (unpaired) electrons. The van der Waals surface area contributed by atoms with Crippen LogP contribution in [0, 0.1) is 5.82 Å². The number of halogens is 2. The first-order valence-corrected chi connectivity index (χ1v) is 10.3. The van der Waals surface area contributed by atoms with Crippen molar-refractivity contribution in [1.29, 1.82) is 0 Å². The molecule has 0 aliphatic rings. The molecule has 0 aliphatic carbocycles. The molecule has 6 heteroatoms. The fraction of sp³-hybridized carbons (Fsp3) is 0.120. The van der Waals surface area contributed by atoms with E-state index in [1.165, 1.54) is 6.07 Å². The summed E-state index contributed by atoms with van der Waals surface area (Å²) in [7, 11) is 1.72. The van der Waals surface area contributed by atoms with Gasteiger partial charge in [0.05, 0.1) is 17.8 Å². The predicted molar refractivity (Wildman–Crippen MR) is 121 cm³/mol. The fourth-order valence-electron chi connectivity index (χ4n) is 3.37. The molecule has 4 aromatic rings. The van der Waals surface area contributed by atoms with Crippen LogP contribution in [0.3, 0.4) is 0 Å². The van der Waals surface area contributed by atoms with E-state index >= 15 is 0 Å². The number of para-hydroxylation sites is 1. The van der Waals surface area contributed by atoms with E-state index in [2.05, 4.69) is 0 Å². The van der Waals surface area contributed by atoms with Crippen molar-refractivity contribution in [2.45, 2.75) is 13.0 Å². The van der Waals surface area contributed by atoms with Crippen molar-refractivity contribution in [3.63, 3.8) is 0 Å². The molecule has 1 aromatic heterocycles. The number of rotatable bonds is 6. The Kier molecular flexibility index (Phi) is 6.14. The summed E-state index contributed by atoms with van der Waals surface area (Å²) in [5.41, 5.74) is 3.87. The highest BCUT2D eigenvalue weighted by atomic mass is 35.5. The maximum Gasteiger partial charge on any atom is 0.227 e. The van der Waals surface area contributed by atoms with E-state index < -0.39 is 0 Å². The Morgan fingerprint density at radius 3 is 2.35 bits per heavy atom. The van der Waals surface area contributed by atoms with Crippen molar-refractivity contribution >= 4 is 17.5 Å². The second-order valence-corrected chi connectivity index (χ2v) is 7.74. The Labute approximate surface area is 185 Å². The quantitative estimate of drug-likeness (QED) is 0.401. The molecule has 0 bridgehead atoms. The van der Waals surface area contributed by atoms with Gasteiger partial charge >= 0.3 is 0 Å². The lowest BCUT2D eigenvalue weighted by Gasteiger charge is -2.17. The highest BCUT2D eigenvalue weighted by Gasteiger charge is 2.18. The number of hydrogen-bond acceptors (Lipinski definition) is 2. The minimum absolute atomic E-state index is 0.00622. The molecule has 0 unspecified atom stereocenters. The first kappa shape index (κ1) is 20.8. The van der Waals surface area contributed by atoms with Gasteiger partial charge in [0.25, 0.3) is 0 Å². The number of carbonyl (C=O) groups is 1. The third-order valence-corrected chi connectivity index (χ3v) is 5.31. The van der Waals surface area contributed by atoms with Gasteiger partial charge in [-0.15, -0.1) is 0 Å². The Hall–Kier alpha value is -3.44. The first-order valence-electron chi connectivity index (χ1n) is 9.88. The van der Waals surface area contributed by atoms with Gasteiger partial charge in [-0.2, -0.15) is 5.10 Å². The van der Waals surface area contributed by atoms with Crippen molar-refractivity contribution in [2.75, 3.05) is 7.05 Å². The van der Waals surface area contributed by atoms with Crippen molar-refractivity contribution < 1.29 is 9.18 Å². The van der Waals surface area contributed by atoms with Gasteiger partial charge in [0, 0.05) is 35.9 Å². The number of nitrogens with zero attached hydrogens (tertiary/aromatic N) is 3. The zero-order valence-electron chi connectivity index (χ0n) is 17.0. The number of aromatic nitrogens is 2. The van der Waals surface area contributed by atoms with Gasteiger partial charge < -0.3 is 4.90 Å². The Bertz CT molecular complexity index is 1190. The standard InChI is InChI=1S/C25H21ClFN3O/c1-29(24(31)15-19-7-5-6-10-23(19)27)16-20-17-30(22-8-3-2-4-9-22)28-25(20)18-11-13-21(26)14-12-18/h2-14,17H,15-16H2,1H3. The van der Waals surface area contributed by atoms with Crippen LogP contribution in [0.4, 0.5) is 4.39 Å².